The Bertz CT molecular complexity index is 1290. The van der Waals surface area contributed by atoms with E-state index in [0.717, 1.165) is 49.0 Å². The Kier molecular flexibility index (Phi) is 8.64. The first-order valence-corrected chi connectivity index (χ1v) is 14.0. The SMILES string of the molecule is COc1ccc(C2NN([C@H]3C=CCCCC3)C(=O)C2(C)C)cc1OCCCCOc1ccc(-c2nn[nH]n2)cc1. The van der Waals surface area contributed by atoms with Crippen molar-refractivity contribution in [1.29, 1.82) is 0 Å². The molecule has 0 spiro atoms. The maximum atomic E-state index is 13.4. The lowest BCUT2D eigenvalue weighted by Crippen LogP contribution is -2.43. The molecule has 0 radical (unpaired) electrons. The summed E-state index contributed by atoms with van der Waals surface area (Å²) in [5.74, 6) is 2.81. The van der Waals surface area contributed by atoms with Gasteiger partial charge >= 0.3 is 0 Å². The molecule has 0 bridgehead atoms. The molecule has 2 heterocycles. The minimum absolute atomic E-state index is 0.0823. The van der Waals surface area contributed by atoms with Crippen LogP contribution in [0.3, 0.4) is 0 Å². The zero-order chi connectivity index (χ0) is 28.0. The third-order valence-corrected chi connectivity index (χ3v) is 7.61. The number of allylic oxidation sites excluding steroid dienone is 1. The Morgan fingerprint density at radius 2 is 1.82 bits per heavy atom. The van der Waals surface area contributed by atoms with E-state index in [9.17, 15) is 4.79 Å². The smallest absolute Gasteiger partial charge is 0.244 e. The van der Waals surface area contributed by atoms with E-state index in [1.165, 1.54) is 6.42 Å². The van der Waals surface area contributed by atoms with Gasteiger partial charge in [0, 0.05) is 5.56 Å². The van der Waals surface area contributed by atoms with Gasteiger partial charge < -0.3 is 14.2 Å². The van der Waals surface area contributed by atoms with E-state index in [2.05, 4.69) is 38.2 Å². The number of tetrazole rings is 1. The van der Waals surface area contributed by atoms with Gasteiger partial charge in [-0.1, -0.05) is 24.6 Å². The topological polar surface area (TPSA) is 114 Å². The number of H-pyrrole nitrogens is 1. The molecule has 1 aliphatic carbocycles. The number of hydrazine groups is 1. The molecule has 1 aliphatic heterocycles. The minimum atomic E-state index is -0.590. The number of carbonyl (C=O) groups is 1. The zero-order valence-corrected chi connectivity index (χ0v) is 23.4. The highest BCUT2D eigenvalue weighted by Gasteiger charge is 2.49. The molecule has 2 N–H and O–H groups in total. The lowest BCUT2D eigenvalue weighted by molar-refractivity contribution is -0.137. The average Bonchev–Trinajstić information content (AvgIpc) is 3.48. The van der Waals surface area contributed by atoms with Gasteiger partial charge in [0.05, 0.1) is 37.8 Å². The first-order chi connectivity index (χ1) is 19.5. The molecule has 3 aromatic rings. The van der Waals surface area contributed by atoms with Crippen LogP contribution in [0.4, 0.5) is 0 Å². The molecular weight excluding hydrogens is 508 g/mol. The predicted octanol–water partition coefficient (Wildman–Crippen LogP) is 5.03. The van der Waals surface area contributed by atoms with E-state index in [1.54, 1.807) is 7.11 Å². The molecular formula is C30H38N6O4. The average molecular weight is 547 g/mol. The summed E-state index contributed by atoms with van der Waals surface area (Å²) in [7, 11) is 1.64. The number of amides is 1. The maximum Gasteiger partial charge on any atom is 0.244 e. The highest BCUT2D eigenvalue weighted by atomic mass is 16.5. The van der Waals surface area contributed by atoms with Gasteiger partial charge in [-0.05, 0) is 93.1 Å². The number of aromatic nitrogens is 4. The van der Waals surface area contributed by atoms with E-state index in [4.69, 9.17) is 14.2 Å². The van der Waals surface area contributed by atoms with Crippen LogP contribution in [-0.2, 0) is 4.79 Å². The second kappa shape index (κ2) is 12.5. The Morgan fingerprint density at radius 3 is 2.58 bits per heavy atom. The molecule has 2 aromatic carbocycles. The van der Waals surface area contributed by atoms with Gasteiger partial charge in [0.15, 0.2) is 11.5 Å². The number of methoxy groups -OCH3 is 1. The molecule has 212 valence electrons. The fourth-order valence-corrected chi connectivity index (χ4v) is 5.26. The van der Waals surface area contributed by atoms with Crippen LogP contribution in [0.25, 0.3) is 11.4 Å². The molecule has 2 aliphatic rings. The number of aromatic amines is 1. The molecule has 1 amide bonds. The van der Waals surface area contributed by atoms with Crippen LogP contribution >= 0.6 is 0 Å². The number of nitrogens with zero attached hydrogens (tertiary/aromatic N) is 4. The third-order valence-electron chi connectivity index (χ3n) is 7.61. The van der Waals surface area contributed by atoms with Crippen LogP contribution in [0.1, 0.15) is 64.0 Å². The van der Waals surface area contributed by atoms with Gasteiger partial charge in [0.2, 0.25) is 11.7 Å². The number of carbonyl (C=O) groups excluding carboxylic acids is 1. The number of benzene rings is 2. The highest BCUT2D eigenvalue weighted by molar-refractivity contribution is 5.85. The molecule has 1 aromatic heterocycles. The summed E-state index contributed by atoms with van der Waals surface area (Å²) >= 11 is 0. The Hall–Kier alpha value is -3.92. The van der Waals surface area contributed by atoms with Crippen LogP contribution < -0.4 is 19.6 Å². The Morgan fingerprint density at radius 1 is 1.02 bits per heavy atom. The van der Waals surface area contributed by atoms with Crippen LogP contribution in [0.2, 0.25) is 0 Å². The summed E-state index contributed by atoms with van der Waals surface area (Å²) in [6.45, 7) is 5.13. The van der Waals surface area contributed by atoms with Crippen molar-refractivity contribution in [2.24, 2.45) is 5.41 Å². The molecule has 1 saturated heterocycles. The molecule has 10 heteroatoms. The highest BCUT2D eigenvalue weighted by Crippen LogP contribution is 2.43. The number of hydrogen-bond acceptors (Lipinski definition) is 8. The second-order valence-corrected chi connectivity index (χ2v) is 10.8. The molecule has 1 unspecified atom stereocenters. The summed E-state index contributed by atoms with van der Waals surface area (Å²) in [6, 6.07) is 13.5. The van der Waals surface area contributed by atoms with Crippen molar-refractivity contribution in [3.05, 3.63) is 60.2 Å². The number of unbranched alkanes of at least 4 members (excludes halogenated alkanes) is 1. The van der Waals surface area contributed by atoms with Crippen molar-refractivity contribution in [2.45, 2.75) is 64.5 Å². The summed E-state index contributed by atoms with van der Waals surface area (Å²) in [6.07, 6.45) is 10.4. The molecule has 40 heavy (non-hydrogen) atoms. The van der Waals surface area contributed by atoms with Gasteiger partial charge in [0.25, 0.3) is 0 Å². The lowest BCUT2D eigenvalue weighted by Gasteiger charge is -2.25. The van der Waals surface area contributed by atoms with Crippen molar-refractivity contribution in [3.8, 4) is 28.6 Å². The monoisotopic (exact) mass is 546 g/mol. The van der Waals surface area contributed by atoms with E-state index in [-0.39, 0.29) is 18.0 Å². The van der Waals surface area contributed by atoms with Gasteiger partial charge in [-0.3, -0.25) is 9.80 Å². The lowest BCUT2D eigenvalue weighted by atomic mass is 9.81. The van der Waals surface area contributed by atoms with Crippen LogP contribution in [-0.4, -0.2) is 57.9 Å². The van der Waals surface area contributed by atoms with Crippen LogP contribution in [0.5, 0.6) is 17.2 Å². The van der Waals surface area contributed by atoms with Crippen LogP contribution in [0.15, 0.2) is 54.6 Å². The molecule has 2 atom stereocenters. The van der Waals surface area contributed by atoms with Crippen molar-refractivity contribution < 1.29 is 19.0 Å². The number of rotatable bonds is 11. The molecule has 10 nitrogen and oxygen atoms in total. The van der Waals surface area contributed by atoms with Gasteiger partial charge in [-0.2, -0.15) is 5.21 Å². The summed E-state index contributed by atoms with van der Waals surface area (Å²) in [4.78, 5) is 13.4. The van der Waals surface area contributed by atoms with Gasteiger partial charge in [-0.25, -0.2) is 5.43 Å². The van der Waals surface area contributed by atoms with E-state index in [1.807, 2.05) is 61.3 Å². The van der Waals surface area contributed by atoms with E-state index in [0.29, 0.717) is 30.5 Å². The maximum absolute atomic E-state index is 13.4. The summed E-state index contributed by atoms with van der Waals surface area (Å²) < 4.78 is 17.6. The standard InChI is InChI=1S/C30H38N6O4/c1-30(2)27(33-36(29(30)37)23-10-6-4-5-7-11-23)22-14-17-25(38-3)26(20-22)40-19-9-8-18-39-24-15-12-21(13-16-24)28-31-34-35-32-28/h6,10,12-17,20,23,27,33H,4-5,7-9,11,18-19H2,1-3H3,(H,31,32,34,35)/t23-,27?/m0/s1. The number of nitrogens with one attached hydrogen (secondary N) is 2. The molecule has 5 rings (SSSR count). The van der Waals surface area contributed by atoms with Crippen molar-refractivity contribution in [3.63, 3.8) is 0 Å². The van der Waals surface area contributed by atoms with Crippen molar-refractivity contribution >= 4 is 5.91 Å². The molecule has 0 saturated carbocycles. The Labute approximate surface area is 235 Å². The normalized spacial score (nSPS) is 20.4. The van der Waals surface area contributed by atoms with Crippen LogP contribution in [0, 0.1) is 5.41 Å². The predicted molar refractivity (Wildman–Crippen MR) is 151 cm³/mol. The first kappa shape index (κ1) is 27.6. The molecule has 1 fully saturated rings. The summed E-state index contributed by atoms with van der Waals surface area (Å²) in [5.41, 5.74) is 4.82. The fourth-order valence-electron chi connectivity index (χ4n) is 5.26. The second-order valence-electron chi connectivity index (χ2n) is 10.8. The van der Waals surface area contributed by atoms with Gasteiger partial charge in [0.1, 0.15) is 5.75 Å². The third kappa shape index (κ3) is 6.12. The van der Waals surface area contributed by atoms with Crippen molar-refractivity contribution in [1.82, 2.24) is 31.1 Å². The minimum Gasteiger partial charge on any atom is -0.494 e. The summed E-state index contributed by atoms with van der Waals surface area (Å²) in [5, 5.41) is 15.8. The van der Waals surface area contributed by atoms with E-state index >= 15 is 0 Å². The van der Waals surface area contributed by atoms with E-state index < -0.39 is 5.41 Å². The largest absolute Gasteiger partial charge is 0.494 e. The van der Waals surface area contributed by atoms with Gasteiger partial charge in [-0.15, -0.1) is 10.2 Å². The van der Waals surface area contributed by atoms with Crippen molar-refractivity contribution in [2.75, 3.05) is 20.3 Å². The quantitative estimate of drug-likeness (QED) is 0.254. The number of ether oxygens (including phenoxy) is 3. The Balaban J connectivity index is 1.15. The zero-order valence-electron chi connectivity index (χ0n) is 23.4. The first-order valence-electron chi connectivity index (χ1n) is 14.0. The number of hydrogen-bond donors (Lipinski definition) is 2. The fraction of sp³-hybridized carbons (Fsp3) is 0.467.